The molecule has 7 nitrogen and oxygen atoms in total. The van der Waals surface area contributed by atoms with E-state index in [0.29, 0.717) is 6.54 Å². The Kier molecular flexibility index (Phi) is 7.02. The largest absolute Gasteiger partial charge is 0.385 e. The summed E-state index contributed by atoms with van der Waals surface area (Å²) in [5.41, 5.74) is 0. The number of rotatable bonds is 8. The Hall–Kier alpha value is -1.93. The maximum Gasteiger partial charge on any atom is 0.192 e. The summed E-state index contributed by atoms with van der Waals surface area (Å²) in [7, 11) is 3.66. The van der Waals surface area contributed by atoms with Gasteiger partial charge in [-0.3, -0.25) is 0 Å². The molecule has 0 atom stereocenters. The Bertz CT molecular complexity index is 608. The number of aryl methyl sites for hydroxylation is 1. The van der Waals surface area contributed by atoms with Crippen LogP contribution in [0.1, 0.15) is 22.9 Å². The quantitative estimate of drug-likeness (QED) is 0.434. The van der Waals surface area contributed by atoms with Crippen LogP contribution in [0.4, 0.5) is 0 Å². The van der Waals surface area contributed by atoms with Crippen molar-refractivity contribution in [1.29, 1.82) is 0 Å². The molecule has 2 aromatic heterocycles. The van der Waals surface area contributed by atoms with Gasteiger partial charge in [-0.1, -0.05) is 6.07 Å². The van der Waals surface area contributed by atoms with Crippen LogP contribution in [0.25, 0.3) is 0 Å². The Balaban J connectivity index is 1.93. The second-order valence-electron chi connectivity index (χ2n) is 5.09. The van der Waals surface area contributed by atoms with E-state index in [1.165, 1.54) is 4.88 Å². The van der Waals surface area contributed by atoms with E-state index in [9.17, 15) is 0 Å². The van der Waals surface area contributed by atoms with Crippen LogP contribution in [0.3, 0.4) is 0 Å². The van der Waals surface area contributed by atoms with Crippen LogP contribution >= 0.6 is 11.3 Å². The highest BCUT2D eigenvalue weighted by atomic mass is 32.1. The van der Waals surface area contributed by atoms with Gasteiger partial charge in [-0.05, 0) is 24.8 Å². The SMILES string of the molecule is COCCCNC(=NCc1nnc(C)n1C)NCc1cccs1. The van der Waals surface area contributed by atoms with E-state index in [0.717, 1.165) is 43.7 Å². The first-order valence-electron chi connectivity index (χ1n) is 7.59. The van der Waals surface area contributed by atoms with E-state index in [1.54, 1.807) is 18.4 Å². The van der Waals surface area contributed by atoms with E-state index < -0.39 is 0 Å². The molecule has 0 saturated heterocycles. The highest BCUT2D eigenvalue weighted by molar-refractivity contribution is 7.09. The number of thiophene rings is 1. The minimum atomic E-state index is 0.487. The maximum atomic E-state index is 5.07. The van der Waals surface area contributed by atoms with Gasteiger partial charge in [0.15, 0.2) is 11.8 Å². The number of nitrogens with zero attached hydrogens (tertiary/aromatic N) is 4. The van der Waals surface area contributed by atoms with Crippen molar-refractivity contribution in [3.8, 4) is 0 Å². The number of guanidine groups is 1. The summed E-state index contributed by atoms with van der Waals surface area (Å²) in [6.07, 6.45) is 0.930. The topological polar surface area (TPSA) is 76.4 Å². The van der Waals surface area contributed by atoms with Gasteiger partial charge in [-0.2, -0.15) is 0 Å². The van der Waals surface area contributed by atoms with Crippen molar-refractivity contribution in [3.63, 3.8) is 0 Å². The van der Waals surface area contributed by atoms with Gasteiger partial charge in [-0.15, -0.1) is 21.5 Å². The van der Waals surface area contributed by atoms with Gasteiger partial charge in [0.2, 0.25) is 0 Å². The third kappa shape index (κ3) is 5.65. The summed E-state index contributed by atoms with van der Waals surface area (Å²) in [6, 6.07) is 4.15. The lowest BCUT2D eigenvalue weighted by Gasteiger charge is -2.12. The predicted octanol–water partition coefficient (Wildman–Crippen LogP) is 1.46. The van der Waals surface area contributed by atoms with E-state index >= 15 is 0 Å². The van der Waals surface area contributed by atoms with Crippen LogP contribution in [-0.4, -0.2) is 41.0 Å². The van der Waals surface area contributed by atoms with Gasteiger partial charge >= 0.3 is 0 Å². The Labute approximate surface area is 140 Å². The molecule has 0 aliphatic heterocycles. The van der Waals surface area contributed by atoms with Crippen LogP contribution in [0, 0.1) is 6.92 Å². The minimum Gasteiger partial charge on any atom is -0.385 e. The molecule has 0 fully saturated rings. The van der Waals surface area contributed by atoms with Gasteiger partial charge in [-0.25, -0.2) is 4.99 Å². The second kappa shape index (κ2) is 9.26. The third-order valence-corrected chi connectivity index (χ3v) is 4.27. The van der Waals surface area contributed by atoms with E-state index in [2.05, 4.69) is 37.3 Å². The first-order chi connectivity index (χ1) is 11.2. The summed E-state index contributed by atoms with van der Waals surface area (Å²) in [4.78, 5) is 5.87. The summed E-state index contributed by atoms with van der Waals surface area (Å²) in [5, 5.41) is 16.9. The number of nitrogens with one attached hydrogen (secondary N) is 2. The van der Waals surface area contributed by atoms with Crippen LogP contribution < -0.4 is 10.6 Å². The van der Waals surface area contributed by atoms with Crippen LogP contribution in [0.5, 0.6) is 0 Å². The van der Waals surface area contributed by atoms with Crippen molar-refractivity contribution in [3.05, 3.63) is 34.0 Å². The van der Waals surface area contributed by atoms with Crippen molar-refractivity contribution in [2.75, 3.05) is 20.3 Å². The highest BCUT2D eigenvalue weighted by Crippen LogP contribution is 2.07. The molecule has 2 N–H and O–H groups in total. The number of aliphatic imine (C=N–C) groups is 1. The zero-order valence-corrected chi connectivity index (χ0v) is 14.7. The highest BCUT2D eigenvalue weighted by Gasteiger charge is 2.05. The normalized spacial score (nSPS) is 11.7. The van der Waals surface area contributed by atoms with Crippen molar-refractivity contribution in [2.45, 2.75) is 26.4 Å². The molecule has 0 aliphatic rings. The Morgan fingerprint density at radius 3 is 2.91 bits per heavy atom. The van der Waals surface area contributed by atoms with Gasteiger partial charge in [0.25, 0.3) is 0 Å². The van der Waals surface area contributed by atoms with Crippen molar-refractivity contribution in [1.82, 2.24) is 25.4 Å². The van der Waals surface area contributed by atoms with Gasteiger partial charge in [0.1, 0.15) is 12.4 Å². The van der Waals surface area contributed by atoms with Crippen molar-refractivity contribution < 1.29 is 4.74 Å². The molecule has 2 rings (SSSR count). The molecule has 0 saturated carbocycles. The predicted molar refractivity (Wildman–Crippen MR) is 92.5 cm³/mol. The molecule has 2 heterocycles. The number of hydrogen-bond acceptors (Lipinski definition) is 5. The van der Waals surface area contributed by atoms with E-state index in [1.807, 2.05) is 24.6 Å². The molecule has 0 spiro atoms. The lowest BCUT2D eigenvalue weighted by Crippen LogP contribution is -2.37. The fraction of sp³-hybridized carbons (Fsp3) is 0.533. The zero-order valence-electron chi connectivity index (χ0n) is 13.9. The Morgan fingerprint density at radius 1 is 1.39 bits per heavy atom. The maximum absolute atomic E-state index is 5.07. The molecule has 2 aromatic rings. The molecule has 23 heavy (non-hydrogen) atoms. The molecule has 0 unspecified atom stereocenters. The molecule has 0 amide bonds. The molecule has 0 radical (unpaired) electrons. The molecule has 0 aromatic carbocycles. The van der Waals surface area contributed by atoms with E-state index in [-0.39, 0.29) is 0 Å². The molecule has 0 aliphatic carbocycles. The Morgan fingerprint density at radius 2 is 2.26 bits per heavy atom. The van der Waals surface area contributed by atoms with Crippen LogP contribution in [0.15, 0.2) is 22.5 Å². The van der Waals surface area contributed by atoms with Gasteiger partial charge in [0.05, 0.1) is 6.54 Å². The smallest absolute Gasteiger partial charge is 0.192 e. The average Bonchev–Trinajstić information content (AvgIpc) is 3.18. The molecule has 126 valence electrons. The fourth-order valence-corrected chi connectivity index (χ4v) is 2.56. The number of aromatic nitrogens is 3. The summed E-state index contributed by atoms with van der Waals surface area (Å²) < 4.78 is 7.02. The first-order valence-corrected chi connectivity index (χ1v) is 8.47. The zero-order chi connectivity index (χ0) is 16.5. The number of hydrogen-bond donors (Lipinski definition) is 2. The lowest BCUT2D eigenvalue weighted by molar-refractivity contribution is 0.195. The first kappa shape index (κ1) is 17.4. The van der Waals surface area contributed by atoms with Crippen molar-refractivity contribution >= 4 is 17.3 Å². The summed E-state index contributed by atoms with van der Waals surface area (Å²) >= 11 is 1.73. The van der Waals surface area contributed by atoms with Crippen LogP contribution in [0.2, 0.25) is 0 Å². The summed E-state index contributed by atoms with van der Waals surface area (Å²) in [6.45, 7) is 4.71. The van der Waals surface area contributed by atoms with Gasteiger partial charge < -0.3 is 19.9 Å². The third-order valence-electron chi connectivity index (χ3n) is 3.39. The van der Waals surface area contributed by atoms with Crippen molar-refractivity contribution in [2.24, 2.45) is 12.0 Å². The monoisotopic (exact) mass is 336 g/mol. The fourth-order valence-electron chi connectivity index (χ4n) is 1.92. The summed E-state index contributed by atoms with van der Waals surface area (Å²) in [5.74, 6) is 2.50. The molecular weight excluding hydrogens is 312 g/mol. The van der Waals surface area contributed by atoms with E-state index in [4.69, 9.17) is 4.74 Å². The molecule has 8 heteroatoms. The second-order valence-corrected chi connectivity index (χ2v) is 6.13. The van der Waals surface area contributed by atoms with Crippen LogP contribution in [-0.2, 0) is 24.9 Å². The number of ether oxygens (including phenoxy) is 1. The standard InChI is InChI=1S/C15H24N6OS/c1-12-19-20-14(21(12)2)11-18-15(16-7-5-8-22-3)17-10-13-6-4-9-23-13/h4,6,9H,5,7-8,10-11H2,1-3H3,(H2,16,17,18). The average molecular weight is 336 g/mol. The minimum absolute atomic E-state index is 0.487. The molecule has 0 bridgehead atoms. The number of methoxy groups -OCH3 is 1. The van der Waals surface area contributed by atoms with Gasteiger partial charge in [0, 0.05) is 32.2 Å². The lowest BCUT2D eigenvalue weighted by atomic mass is 10.4. The molecular formula is C15H24N6OS.